The standard InChI is InChI=1S/C20H21N9O2/c1-2-13-18-25-23-11-27(18)14-10-22-19(24-17(14)28(13)12-4-3-5-12)26-9-8-21-20(26)29-15(30)6-7-16(29)31/h8-13H,2-7H2,1H3. The van der Waals surface area contributed by atoms with Crippen LogP contribution in [0, 0.1) is 0 Å². The molecule has 31 heavy (non-hydrogen) atoms. The number of imidazole rings is 1. The Balaban J connectivity index is 1.49. The van der Waals surface area contributed by atoms with Gasteiger partial charge in [0.25, 0.3) is 0 Å². The predicted molar refractivity (Wildman–Crippen MR) is 109 cm³/mol. The number of imide groups is 1. The molecule has 0 aromatic carbocycles. The summed E-state index contributed by atoms with van der Waals surface area (Å²) in [6.45, 7) is 2.14. The van der Waals surface area contributed by atoms with Crippen molar-refractivity contribution in [2.24, 2.45) is 0 Å². The normalized spacial score (nSPS) is 20.7. The van der Waals surface area contributed by atoms with Gasteiger partial charge < -0.3 is 4.90 Å². The summed E-state index contributed by atoms with van der Waals surface area (Å²) in [5.41, 5.74) is 0.829. The lowest BCUT2D eigenvalue weighted by molar-refractivity contribution is -0.121. The van der Waals surface area contributed by atoms with Gasteiger partial charge in [-0.2, -0.15) is 4.98 Å². The van der Waals surface area contributed by atoms with Crippen LogP contribution in [0.3, 0.4) is 0 Å². The summed E-state index contributed by atoms with van der Waals surface area (Å²) in [5, 5.41) is 8.50. The number of rotatable bonds is 4. The Labute approximate surface area is 177 Å². The van der Waals surface area contributed by atoms with Crippen molar-refractivity contribution in [3.8, 4) is 11.6 Å². The van der Waals surface area contributed by atoms with Crippen molar-refractivity contribution in [2.75, 3.05) is 9.80 Å². The zero-order valence-corrected chi connectivity index (χ0v) is 17.0. The monoisotopic (exact) mass is 419 g/mol. The van der Waals surface area contributed by atoms with Crippen molar-refractivity contribution >= 4 is 23.6 Å². The molecule has 158 valence electrons. The lowest BCUT2D eigenvalue weighted by atomic mass is 9.89. The molecule has 0 spiro atoms. The van der Waals surface area contributed by atoms with Crippen molar-refractivity contribution in [3.05, 3.63) is 30.7 Å². The largest absolute Gasteiger partial charge is 0.341 e. The van der Waals surface area contributed by atoms with Crippen molar-refractivity contribution < 1.29 is 9.59 Å². The molecule has 3 aromatic rings. The zero-order chi connectivity index (χ0) is 21.1. The maximum absolute atomic E-state index is 12.3. The van der Waals surface area contributed by atoms with Crippen LogP contribution in [0.1, 0.15) is 57.3 Å². The molecule has 5 heterocycles. The number of hydrogen-bond acceptors (Lipinski definition) is 8. The van der Waals surface area contributed by atoms with E-state index in [-0.39, 0.29) is 36.6 Å². The number of carbonyl (C=O) groups excluding carboxylic acids is 2. The molecule has 3 aliphatic rings. The van der Waals surface area contributed by atoms with E-state index in [1.54, 1.807) is 29.5 Å². The lowest BCUT2D eigenvalue weighted by Gasteiger charge is -2.45. The minimum absolute atomic E-state index is 0.0760. The van der Waals surface area contributed by atoms with Crippen LogP contribution in [0.5, 0.6) is 0 Å². The first-order chi connectivity index (χ1) is 15.2. The lowest BCUT2D eigenvalue weighted by Crippen LogP contribution is -2.46. The molecular formula is C20H21N9O2. The van der Waals surface area contributed by atoms with Gasteiger partial charge in [-0.15, -0.1) is 10.2 Å². The Morgan fingerprint density at radius 1 is 1.10 bits per heavy atom. The van der Waals surface area contributed by atoms with Gasteiger partial charge in [-0.05, 0) is 25.7 Å². The molecule has 2 aliphatic heterocycles. The van der Waals surface area contributed by atoms with Crippen LogP contribution in [-0.2, 0) is 9.59 Å². The molecule has 0 N–H and O–H groups in total. The van der Waals surface area contributed by atoms with Gasteiger partial charge in [0.15, 0.2) is 11.6 Å². The third-order valence-electron chi connectivity index (χ3n) is 6.39. The third kappa shape index (κ3) is 2.55. The number of aromatic nitrogens is 7. The van der Waals surface area contributed by atoms with Crippen LogP contribution in [0.2, 0.25) is 0 Å². The van der Waals surface area contributed by atoms with E-state index in [1.165, 1.54) is 6.42 Å². The topological polar surface area (TPSA) is 115 Å². The fourth-order valence-corrected chi connectivity index (χ4v) is 4.65. The van der Waals surface area contributed by atoms with E-state index < -0.39 is 0 Å². The van der Waals surface area contributed by atoms with Gasteiger partial charge in [-0.1, -0.05) is 6.92 Å². The summed E-state index contributed by atoms with van der Waals surface area (Å²) < 4.78 is 3.55. The Morgan fingerprint density at radius 2 is 1.90 bits per heavy atom. The third-order valence-corrected chi connectivity index (χ3v) is 6.39. The summed E-state index contributed by atoms with van der Waals surface area (Å²) >= 11 is 0. The molecule has 1 unspecified atom stereocenters. The molecule has 1 saturated carbocycles. The number of nitrogens with zero attached hydrogens (tertiary/aromatic N) is 9. The molecule has 11 heteroatoms. The van der Waals surface area contributed by atoms with Crippen molar-refractivity contribution in [1.29, 1.82) is 0 Å². The Morgan fingerprint density at radius 3 is 2.61 bits per heavy atom. The highest BCUT2D eigenvalue weighted by Crippen LogP contribution is 2.43. The van der Waals surface area contributed by atoms with E-state index in [0.29, 0.717) is 12.0 Å². The number of fused-ring (bicyclic) bond motifs is 3. The van der Waals surface area contributed by atoms with Gasteiger partial charge in [0, 0.05) is 31.3 Å². The van der Waals surface area contributed by atoms with Gasteiger partial charge in [0.2, 0.25) is 23.7 Å². The minimum atomic E-state index is -0.258. The van der Waals surface area contributed by atoms with Crippen LogP contribution >= 0.6 is 0 Å². The van der Waals surface area contributed by atoms with Gasteiger partial charge in [-0.3, -0.25) is 18.7 Å². The van der Waals surface area contributed by atoms with E-state index in [9.17, 15) is 9.59 Å². The SMILES string of the molecule is CCC1c2nncn2-c2cnc(-n3ccnc3N3C(=O)CCC3=O)nc2N1C1CCC1. The molecule has 1 saturated heterocycles. The second-order valence-electron chi connectivity index (χ2n) is 8.07. The molecule has 0 radical (unpaired) electrons. The molecule has 0 bridgehead atoms. The number of anilines is 2. The van der Waals surface area contributed by atoms with Crippen molar-refractivity contribution in [1.82, 2.24) is 34.3 Å². The fraction of sp³-hybridized carbons (Fsp3) is 0.450. The zero-order valence-electron chi connectivity index (χ0n) is 17.0. The average Bonchev–Trinajstić information content (AvgIpc) is 3.47. The van der Waals surface area contributed by atoms with Crippen LogP contribution < -0.4 is 9.80 Å². The molecule has 1 aliphatic carbocycles. The van der Waals surface area contributed by atoms with E-state index >= 15 is 0 Å². The summed E-state index contributed by atoms with van der Waals surface area (Å²) in [6, 6.07) is 0.466. The van der Waals surface area contributed by atoms with Crippen LogP contribution in [0.15, 0.2) is 24.9 Å². The minimum Gasteiger partial charge on any atom is -0.341 e. The first kappa shape index (κ1) is 18.2. The Hall–Kier alpha value is -3.63. The number of hydrogen-bond donors (Lipinski definition) is 0. The number of carbonyl (C=O) groups is 2. The van der Waals surface area contributed by atoms with E-state index in [1.807, 2.05) is 4.57 Å². The average molecular weight is 419 g/mol. The smallest absolute Gasteiger partial charge is 0.238 e. The Kier molecular flexibility index (Phi) is 3.92. The molecule has 2 fully saturated rings. The van der Waals surface area contributed by atoms with E-state index in [4.69, 9.17) is 4.98 Å². The summed E-state index contributed by atoms with van der Waals surface area (Å²) in [7, 11) is 0. The predicted octanol–water partition coefficient (Wildman–Crippen LogP) is 1.72. The second kappa shape index (κ2) is 6.69. The second-order valence-corrected chi connectivity index (χ2v) is 8.07. The molecule has 6 rings (SSSR count). The first-order valence-electron chi connectivity index (χ1n) is 10.6. The first-order valence-corrected chi connectivity index (χ1v) is 10.6. The molecule has 2 amide bonds. The van der Waals surface area contributed by atoms with Gasteiger partial charge in [0.05, 0.1) is 12.2 Å². The summed E-state index contributed by atoms with van der Waals surface area (Å²) in [5.74, 6) is 1.80. The summed E-state index contributed by atoms with van der Waals surface area (Å²) in [6.07, 6.45) is 11.3. The van der Waals surface area contributed by atoms with Crippen LogP contribution in [0.4, 0.5) is 11.8 Å². The van der Waals surface area contributed by atoms with Gasteiger partial charge >= 0.3 is 0 Å². The highest BCUT2D eigenvalue weighted by molar-refractivity contribution is 6.18. The van der Waals surface area contributed by atoms with Gasteiger partial charge in [0.1, 0.15) is 12.0 Å². The van der Waals surface area contributed by atoms with Crippen LogP contribution in [0.25, 0.3) is 11.6 Å². The van der Waals surface area contributed by atoms with Gasteiger partial charge in [-0.25, -0.2) is 14.9 Å². The molecule has 3 aromatic heterocycles. The Bertz CT molecular complexity index is 1180. The number of amides is 2. The molecule has 1 atom stereocenters. The van der Waals surface area contributed by atoms with Crippen molar-refractivity contribution in [2.45, 2.75) is 57.5 Å². The highest BCUT2D eigenvalue weighted by atomic mass is 16.2. The summed E-state index contributed by atoms with van der Waals surface area (Å²) in [4.78, 5) is 41.7. The maximum atomic E-state index is 12.3. The van der Waals surface area contributed by atoms with E-state index in [0.717, 1.165) is 41.5 Å². The van der Waals surface area contributed by atoms with Crippen molar-refractivity contribution in [3.63, 3.8) is 0 Å². The quantitative estimate of drug-likeness (QED) is 0.587. The van der Waals surface area contributed by atoms with Crippen LogP contribution in [-0.4, -0.2) is 52.1 Å². The molecular weight excluding hydrogens is 398 g/mol. The fourth-order valence-electron chi connectivity index (χ4n) is 4.65. The maximum Gasteiger partial charge on any atom is 0.238 e. The van der Waals surface area contributed by atoms with E-state index in [2.05, 4.69) is 32.0 Å². The molecule has 11 nitrogen and oxygen atoms in total. The highest BCUT2D eigenvalue weighted by Gasteiger charge is 2.40.